The highest BCUT2D eigenvalue weighted by molar-refractivity contribution is 8.29. The van der Waals surface area contributed by atoms with Gasteiger partial charge in [-0.15, -0.1) is 0 Å². The molecule has 0 bridgehead atoms. The number of hydrogen-bond acceptors (Lipinski definition) is 6. The van der Waals surface area contributed by atoms with Gasteiger partial charge in [0.1, 0.15) is 17.3 Å². The Hall–Kier alpha value is -2.29. The number of hydrogen-bond donors (Lipinski definition) is 3. The van der Waals surface area contributed by atoms with Crippen molar-refractivity contribution in [2.45, 2.75) is 44.4 Å². The zero-order valence-corrected chi connectivity index (χ0v) is 18.8. The molecule has 0 fully saturated rings. The summed E-state index contributed by atoms with van der Waals surface area (Å²) in [6, 6.07) is 8.09. The van der Waals surface area contributed by atoms with Crippen molar-refractivity contribution < 1.29 is 13.7 Å². The van der Waals surface area contributed by atoms with Crippen molar-refractivity contribution in [3.63, 3.8) is 0 Å². The van der Waals surface area contributed by atoms with Gasteiger partial charge in [-0.05, 0) is 64.1 Å². The summed E-state index contributed by atoms with van der Waals surface area (Å²) in [4.78, 5) is 21.4. The van der Waals surface area contributed by atoms with E-state index in [2.05, 4.69) is 14.7 Å². The Morgan fingerprint density at radius 2 is 2.00 bits per heavy atom. The Labute approximate surface area is 178 Å². The topological polar surface area (TPSA) is 101 Å². The second kappa shape index (κ2) is 7.76. The third-order valence-electron chi connectivity index (χ3n) is 5.83. The van der Waals surface area contributed by atoms with Gasteiger partial charge in [0.25, 0.3) is 0 Å². The van der Waals surface area contributed by atoms with Crippen LogP contribution in [0.15, 0.2) is 41.5 Å². The van der Waals surface area contributed by atoms with Gasteiger partial charge < -0.3 is 10.3 Å². The Morgan fingerprint density at radius 1 is 1.30 bits per heavy atom. The van der Waals surface area contributed by atoms with Crippen LogP contribution < -0.4 is 10.5 Å². The van der Waals surface area contributed by atoms with Crippen LogP contribution in [0.5, 0.6) is 0 Å². The molecule has 1 aromatic carbocycles. The molecule has 2 atom stereocenters. The first-order valence-corrected chi connectivity index (χ1v) is 11.5. The van der Waals surface area contributed by atoms with E-state index in [1.807, 2.05) is 26.8 Å². The number of rotatable bonds is 5. The molecule has 0 saturated carbocycles. The standard InChI is InChI=1S/C22H29FN4O2S/c1-14-6-9-18(26-12-14)19(28)11-15-7-8-17(23)16(10-15)22(4)13-30(29,25-5)21(2,3)20(24)27-22/h6-10,12,25,29H,11,13H2,1-5H3,(H2,24,27)/t22-/m0/s1. The summed E-state index contributed by atoms with van der Waals surface area (Å²) in [5.74, 6) is -0.121. The molecule has 6 nitrogen and oxygen atoms in total. The number of halogens is 1. The molecule has 1 aliphatic heterocycles. The fourth-order valence-corrected chi connectivity index (χ4v) is 6.10. The van der Waals surface area contributed by atoms with Gasteiger partial charge in [0, 0.05) is 23.9 Å². The lowest BCUT2D eigenvalue weighted by atomic mass is 9.90. The van der Waals surface area contributed by atoms with Crippen molar-refractivity contribution in [2.24, 2.45) is 10.7 Å². The van der Waals surface area contributed by atoms with Gasteiger partial charge in [-0.25, -0.2) is 4.39 Å². The van der Waals surface area contributed by atoms with Crippen LogP contribution in [0.25, 0.3) is 0 Å². The van der Waals surface area contributed by atoms with Gasteiger partial charge in [0.05, 0.1) is 10.3 Å². The number of benzene rings is 1. The lowest BCUT2D eigenvalue weighted by Gasteiger charge is -2.53. The fraction of sp³-hybridized carbons (Fsp3) is 0.409. The summed E-state index contributed by atoms with van der Waals surface area (Å²) >= 11 is 0. The number of nitrogens with one attached hydrogen (secondary N) is 1. The largest absolute Gasteiger partial charge is 0.386 e. The number of nitrogens with two attached hydrogens (primary N) is 1. The van der Waals surface area contributed by atoms with Gasteiger partial charge in [-0.2, -0.15) is 0 Å². The zero-order chi connectivity index (χ0) is 22.3. The van der Waals surface area contributed by atoms with E-state index in [-0.39, 0.29) is 23.8 Å². The Balaban J connectivity index is 1.98. The van der Waals surface area contributed by atoms with E-state index in [4.69, 9.17) is 5.73 Å². The maximum Gasteiger partial charge on any atom is 0.185 e. The maximum atomic E-state index is 14.9. The fourth-order valence-electron chi connectivity index (χ4n) is 3.66. The highest BCUT2D eigenvalue weighted by Crippen LogP contribution is 2.59. The number of carbonyl (C=O) groups is 1. The molecule has 1 aromatic heterocycles. The van der Waals surface area contributed by atoms with E-state index in [1.165, 1.54) is 6.07 Å². The van der Waals surface area contributed by atoms with Crippen molar-refractivity contribution in [1.29, 1.82) is 0 Å². The summed E-state index contributed by atoms with van der Waals surface area (Å²) in [6.45, 7) is 7.32. The maximum absolute atomic E-state index is 14.9. The van der Waals surface area contributed by atoms with Crippen LogP contribution in [-0.2, 0) is 12.0 Å². The van der Waals surface area contributed by atoms with Crippen LogP contribution in [0.4, 0.5) is 4.39 Å². The molecule has 3 rings (SSSR count). The molecular weight excluding hydrogens is 403 g/mol. The Bertz CT molecular complexity index is 1010. The monoisotopic (exact) mass is 432 g/mol. The molecule has 30 heavy (non-hydrogen) atoms. The molecule has 8 heteroatoms. The van der Waals surface area contributed by atoms with Crippen molar-refractivity contribution in [2.75, 3.05) is 12.8 Å². The number of pyridine rings is 1. The summed E-state index contributed by atoms with van der Waals surface area (Å²) in [5.41, 5.74) is 7.47. The number of aromatic nitrogens is 1. The molecule has 4 N–H and O–H groups in total. The molecule has 0 amide bonds. The normalized spacial score (nSPS) is 27.8. The van der Waals surface area contributed by atoms with E-state index >= 15 is 0 Å². The highest BCUT2D eigenvalue weighted by Gasteiger charge is 2.51. The molecule has 0 spiro atoms. The van der Waals surface area contributed by atoms with Crippen LogP contribution in [0.3, 0.4) is 0 Å². The predicted molar refractivity (Wildman–Crippen MR) is 121 cm³/mol. The van der Waals surface area contributed by atoms with E-state index in [9.17, 15) is 13.7 Å². The number of aliphatic imine (C=N–C) groups is 1. The highest BCUT2D eigenvalue weighted by atomic mass is 32.3. The minimum atomic E-state index is -2.41. The molecule has 0 saturated heterocycles. The quantitative estimate of drug-likeness (QED) is 0.625. The summed E-state index contributed by atoms with van der Waals surface area (Å²) < 4.78 is 28.4. The number of aryl methyl sites for hydroxylation is 1. The second-order valence-corrected chi connectivity index (χ2v) is 11.6. The number of ketones is 1. The first-order valence-electron chi connectivity index (χ1n) is 9.74. The van der Waals surface area contributed by atoms with E-state index in [0.29, 0.717) is 16.8 Å². The molecule has 2 aromatic rings. The summed E-state index contributed by atoms with van der Waals surface area (Å²) in [6.07, 6.45) is 1.74. The Kier molecular flexibility index (Phi) is 5.79. The summed E-state index contributed by atoms with van der Waals surface area (Å²) in [5, 5.41) is 0. The van der Waals surface area contributed by atoms with Gasteiger partial charge in [0.2, 0.25) is 0 Å². The molecule has 1 unspecified atom stereocenters. The smallest absolute Gasteiger partial charge is 0.185 e. The average Bonchev–Trinajstić information content (AvgIpc) is 2.68. The van der Waals surface area contributed by atoms with Crippen LogP contribution >= 0.6 is 10.5 Å². The molecular formula is C22H29FN4O2S. The number of amidine groups is 1. The number of carbonyl (C=O) groups excluding carboxylic acids is 1. The second-order valence-electron chi connectivity index (χ2n) is 8.47. The van der Waals surface area contributed by atoms with E-state index < -0.39 is 26.6 Å². The lowest BCUT2D eigenvalue weighted by Crippen LogP contribution is -2.55. The van der Waals surface area contributed by atoms with Crippen molar-refractivity contribution >= 4 is 22.1 Å². The summed E-state index contributed by atoms with van der Waals surface area (Å²) in [7, 11) is -0.734. The van der Waals surface area contributed by atoms with E-state index in [1.54, 1.807) is 38.4 Å². The number of nitrogens with zero attached hydrogens (tertiary/aromatic N) is 2. The first kappa shape index (κ1) is 22.4. The van der Waals surface area contributed by atoms with Gasteiger partial charge in [-0.3, -0.25) is 19.5 Å². The average molecular weight is 433 g/mol. The first-order chi connectivity index (χ1) is 13.9. The third kappa shape index (κ3) is 3.87. The SMILES string of the molecule is CNS1(O)C[C@@](C)(c2cc(CC(=O)c3ccc(C)cn3)ccc2F)N=C(N)C1(C)C. The van der Waals surface area contributed by atoms with Gasteiger partial charge >= 0.3 is 0 Å². The molecule has 0 aliphatic carbocycles. The van der Waals surface area contributed by atoms with Gasteiger partial charge in [-0.1, -0.05) is 22.6 Å². The van der Waals surface area contributed by atoms with Crippen LogP contribution in [0, 0.1) is 12.7 Å². The van der Waals surface area contributed by atoms with Gasteiger partial charge in [0.15, 0.2) is 5.78 Å². The lowest BCUT2D eigenvalue weighted by molar-refractivity contribution is 0.0988. The zero-order valence-electron chi connectivity index (χ0n) is 18.0. The molecule has 2 heterocycles. The van der Waals surface area contributed by atoms with E-state index in [0.717, 1.165) is 5.56 Å². The molecule has 1 aliphatic rings. The van der Waals surface area contributed by atoms with Crippen LogP contribution in [0.1, 0.15) is 48.0 Å². The Morgan fingerprint density at radius 3 is 2.60 bits per heavy atom. The minimum Gasteiger partial charge on any atom is -0.386 e. The van der Waals surface area contributed by atoms with Crippen molar-refractivity contribution in [3.8, 4) is 0 Å². The van der Waals surface area contributed by atoms with Crippen LogP contribution in [0.2, 0.25) is 0 Å². The molecule has 0 radical (unpaired) electrons. The molecule has 162 valence electrons. The van der Waals surface area contributed by atoms with Crippen molar-refractivity contribution in [3.05, 3.63) is 64.7 Å². The minimum absolute atomic E-state index is 0.0905. The van der Waals surface area contributed by atoms with Crippen LogP contribution in [-0.4, -0.2) is 38.7 Å². The third-order valence-corrected chi connectivity index (χ3v) is 9.38. The van der Waals surface area contributed by atoms with Crippen molar-refractivity contribution in [1.82, 2.24) is 9.71 Å². The number of Topliss-reactive ketones (excluding diaryl/α,β-unsaturated/α-hetero) is 1. The predicted octanol–water partition coefficient (Wildman–Crippen LogP) is 3.73.